The van der Waals surface area contributed by atoms with Gasteiger partial charge in [0.15, 0.2) is 0 Å². The quantitative estimate of drug-likeness (QED) is 0.578. The van der Waals surface area contributed by atoms with Gasteiger partial charge in [-0.05, 0) is 24.1 Å². The Morgan fingerprint density at radius 3 is 2.45 bits per heavy atom. The summed E-state index contributed by atoms with van der Waals surface area (Å²) in [4.78, 5) is 27.8. The average molecular weight is 311 g/mol. The number of hydrogen-bond acceptors (Lipinski definition) is 4. The molecule has 0 fully saturated rings. The molecular formula is C10H12F2NO6P. The summed E-state index contributed by atoms with van der Waals surface area (Å²) < 4.78 is 40.4. The second kappa shape index (κ2) is 6.27. The van der Waals surface area contributed by atoms with Crippen molar-refractivity contribution in [3.8, 4) is 5.75 Å². The van der Waals surface area contributed by atoms with E-state index in [1.807, 2.05) is 0 Å². The van der Waals surface area contributed by atoms with Crippen LogP contribution in [-0.2, 0) is 15.8 Å². The summed E-state index contributed by atoms with van der Waals surface area (Å²) in [6.07, 6.45) is -3.25. The van der Waals surface area contributed by atoms with Gasteiger partial charge in [0.2, 0.25) is 0 Å². The van der Waals surface area contributed by atoms with Crippen LogP contribution in [-0.4, -0.2) is 26.9 Å². The van der Waals surface area contributed by atoms with E-state index in [0.29, 0.717) is 0 Å². The van der Waals surface area contributed by atoms with Crippen LogP contribution in [0.2, 0.25) is 0 Å². The van der Waals surface area contributed by atoms with E-state index in [1.54, 1.807) is 0 Å². The van der Waals surface area contributed by atoms with Crippen LogP contribution >= 0.6 is 7.82 Å². The van der Waals surface area contributed by atoms with Crippen LogP contribution < -0.4 is 10.3 Å². The average Bonchev–Trinajstić information content (AvgIpc) is 2.28. The number of hydrogen-bond donors (Lipinski definition) is 4. The normalized spacial score (nSPS) is 13.3. The zero-order valence-corrected chi connectivity index (χ0v) is 10.8. The lowest BCUT2D eigenvalue weighted by Crippen LogP contribution is -2.32. The minimum atomic E-state index is -4.96. The molecule has 0 saturated carbocycles. The highest BCUT2D eigenvalue weighted by atomic mass is 31.2. The summed E-state index contributed by atoms with van der Waals surface area (Å²) in [5, 5.41) is 8.63. The van der Waals surface area contributed by atoms with Crippen LogP contribution in [0.1, 0.15) is 17.6 Å². The lowest BCUT2D eigenvalue weighted by molar-refractivity contribution is -0.138. The van der Waals surface area contributed by atoms with Crippen molar-refractivity contribution in [3.05, 3.63) is 29.3 Å². The summed E-state index contributed by atoms with van der Waals surface area (Å²) in [6.45, 7) is 0. The van der Waals surface area contributed by atoms with Gasteiger partial charge in [0.1, 0.15) is 11.8 Å². The molecule has 112 valence electrons. The van der Waals surface area contributed by atoms with E-state index in [9.17, 15) is 18.1 Å². The smallest absolute Gasteiger partial charge is 0.480 e. The Labute approximate surface area is 112 Å². The minimum Gasteiger partial charge on any atom is -0.480 e. The first-order chi connectivity index (χ1) is 9.10. The third-order valence-corrected chi connectivity index (χ3v) is 2.73. The fraction of sp³-hybridized carbons (Fsp3) is 0.300. The molecule has 0 radical (unpaired) electrons. The van der Waals surface area contributed by atoms with Gasteiger partial charge in [0.05, 0.1) is 5.56 Å². The molecule has 0 heterocycles. The monoisotopic (exact) mass is 311 g/mol. The Kier molecular flexibility index (Phi) is 5.18. The maximum absolute atomic E-state index is 12.8. The Morgan fingerprint density at radius 1 is 1.40 bits per heavy atom. The van der Waals surface area contributed by atoms with Crippen molar-refractivity contribution in [2.24, 2.45) is 5.73 Å². The van der Waals surface area contributed by atoms with E-state index in [4.69, 9.17) is 20.6 Å². The molecule has 1 rings (SSSR count). The highest BCUT2D eigenvalue weighted by Gasteiger charge is 2.23. The fourth-order valence-electron chi connectivity index (χ4n) is 1.45. The molecular weight excluding hydrogens is 299 g/mol. The zero-order valence-electron chi connectivity index (χ0n) is 9.94. The molecule has 7 nitrogen and oxygen atoms in total. The number of alkyl halides is 2. The van der Waals surface area contributed by atoms with Crippen molar-refractivity contribution in [3.63, 3.8) is 0 Å². The van der Waals surface area contributed by atoms with Crippen LogP contribution in [0.25, 0.3) is 0 Å². The molecule has 20 heavy (non-hydrogen) atoms. The van der Waals surface area contributed by atoms with Gasteiger partial charge >= 0.3 is 13.8 Å². The molecule has 1 aromatic rings. The number of halogens is 2. The molecule has 0 amide bonds. The van der Waals surface area contributed by atoms with Gasteiger partial charge < -0.3 is 15.4 Å². The molecule has 5 N–H and O–H groups in total. The summed E-state index contributed by atoms with van der Waals surface area (Å²) in [5.41, 5.74) is 4.71. The van der Waals surface area contributed by atoms with Crippen LogP contribution in [0.4, 0.5) is 8.78 Å². The number of phosphoric acid groups is 1. The van der Waals surface area contributed by atoms with Gasteiger partial charge in [0, 0.05) is 0 Å². The standard InChI is InChI=1S/C10H12F2NO6P/c11-9(12)6-3-5(4-7(13)10(14)15)1-2-8(6)19-20(16,17)18/h1-3,7,9H,4,13H2,(H,14,15)(H2,16,17,18). The largest absolute Gasteiger partial charge is 0.524 e. The number of carboxylic acid groups (broad SMARTS) is 1. The van der Waals surface area contributed by atoms with Crippen molar-refractivity contribution >= 4 is 13.8 Å². The number of phosphoric ester groups is 1. The lowest BCUT2D eigenvalue weighted by Gasteiger charge is -2.13. The number of carboxylic acids is 1. The van der Waals surface area contributed by atoms with Crippen LogP contribution in [0, 0.1) is 0 Å². The van der Waals surface area contributed by atoms with Crippen LogP contribution in [0.5, 0.6) is 5.75 Å². The van der Waals surface area contributed by atoms with Crippen molar-refractivity contribution in [2.45, 2.75) is 18.9 Å². The maximum atomic E-state index is 12.8. The molecule has 0 bridgehead atoms. The minimum absolute atomic E-state index is 0.188. The van der Waals surface area contributed by atoms with Crippen molar-refractivity contribution < 1.29 is 37.6 Å². The molecule has 1 atom stereocenters. The van der Waals surface area contributed by atoms with Gasteiger partial charge in [-0.3, -0.25) is 14.6 Å². The van der Waals surface area contributed by atoms with Gasteiger partial charge in [-0.1, -0.05) is 6.07 Å². The van der Waals surface area contributed by atoms with Crippen molar-refractivity contribution in [1.29, 1.82) is 0 Å². The predicted molar refractivity (Wildman–Crippen MR) is 63.4 cm³/mol. The molecule has 0 spiro atoms. The van der Waals surface area contributed by atoms with Gasteiger partial charge in [-0.15, -0.1) is 0 Å². The number of rotatable bonds is 6. The molecule has 0 saturated heterocycles. The van der Waals surface area contributed by atoms with E-state index < -0.39 is 37.6 Å². The fourth-order valence-corrected chi connectivity index (χ4v) is 1.87. The van der Waals surface area contributed by atoms with E-state index in [0.717, 1.165) is 12.1 Å². The molecule has 10 heteroatoms. The molecule has 1 aromatic carbocycles. The van der Waals surface area contributed by atoms with Crippen LogP contribution in [0.3, 0.4) is 0 Å². The highest BCUT2D eigenvalue weighted by molar-refractivity contribution is 7.46. The Morgan fingerprint density at radius 2 is 2.00 bits per heavy atom. The van der Waals surface area contributed by atoms with Gasteiger partial charge in [-0.2, -0.15) is 0 Å². The first-order valence-corrected chi connectivity index (χ1v) is 6.77. The number of benzene rings is 1. The topological polar surface area (TPSA) is 130 Å². The first-order valence-electron chi connectivity index (χ1n) is 5.24. The molecule has 0 aromatic heterocycles. The van der Waals surface area contributed by atoms with Crippen molar-refractivity contribution in [1.82, 2.24) is 0 Å². The summed E-state index contributed by atoms with van der Waals surface area (Å²) in [5.74, 6) is -1.96. The van der Waals surface area contributed by atoms with E-state index >= 15 is 0 Å². The van der Waals surface area contributed by atoms with Gasteiger partial charge in [0.25, 0.3) is 6.43 Å². The van der Waals surface area contributed by atoms with E-state index in [1.165, 1.54) is 6.07 Å². The zero-order chi connectivity index (χ0) is 15.5. The summed E-state index contributed by atoms with van der Waals surface area (Å²) >= 11 is 0. The van der Waals surface area contributed by atoms with Crippen molar-refractivity contribution in [2.75, 3.05) is 0 Å². The van der Waals surface area contributed by atoms with E-state index in [-0.39, 0.29) is 12.0 Å². The second-order valence-corrected chi connectivity index (χ2v) is 5.07. The number of nitrogens with two attached hydrogens (primary N) is 1. The Balaban J connectivity index is 3.07. The number of carbonyl (C=O) groups is 1. The second-order valence-electron chi connectivity index (χ2n) is 3.90. The Hall–Kier alpha value is -1.54. The predicted octanol–water partition coefficient (Wildman–Crippen LogP) is 1.05. The lowest BCUT2D eigenvalue weighted by atomic mass is 10.0. The molecule has 0 aliphatic rings. The number of aliphatic carboxylic acids is 1. The first kappa shape index (κ1) is 16.5. The Bertz CT molecular complexity index is 547. The highest BCUT2D eigenvalue weighted by Crippen LogP contribution is 2.41. The van der Waals surface area contributed by atoms with E-state index in [2.05, 4.69) is 4.52 Å². The summed E-state index contributed by atoms with van der Waals surface area (Å²) in [7, 11) is -4.96. The van der Waals surface area contributed by atoms with Crippen LogP contribution in [0.15, 0.2) is 18.2 Å². The molecule has 0 aliphatic carbocycles. The summed E-state index contributed by atoms with van der Waals surface area (Å²) in [6, 6.07) is 1.77. The maximum Gasteiger partial charge on any atom is 0.524 e. The third kappa shape index (κ3) is 4.86. The molecule has 1 unspecified atom stereocenters. The van der Waals surface area contributed by atoms with Gasteiger partial charge in [-0.25, -0.2) is 13.3 Å². The SMILES string of the molecule is NC(Cc1ccc(OP(=O)(O)O)c(C(F)F)c1)C(=O)O. The third-order valence-electron chi connectivity index (χ3n) is 2.30. The molecule has 0 aliphatic heterocycles.